The molecule has 0 bridgehead atoms. The summed E-state index contributed by atoms with van der Waals surface area (Å²) >= 11 is 1.72. The molecule has 1 heterocycles. The molecule has 0 saturated heterocycles. The average Bonchev–Trinajstić information content (AvgIpc) is 2.15. The number of rotatable bonds is 2. The van der Waals surface area contributed by atoms with Gasteiger partial charge in [0.25, 0.3) is 0 Å². The third-order valence-corrected chi connectivity index (χ3v) is 2.49. The maximum absolute atomic E-state index is 9.06. The molecule has 0 amide bonds. The van der Waals surface area contributed by atoms with Gasteiger partial charge in [-0.15, -0.1) is 11.3 Å². The molecule has 10 heavy (non-hydrogen) atoms. The van der Waals surface area contributed by atoms with E-state index < -0.39 is 0 Å². The van der Waals surface area contributed by atoms with Crippen LogP contribution >= 0.6 is 11.3 Å². The Morgan fingerprint density at radius 1 is 1.70 bits per heavy atom. The Bertz CT molecular complexity index is 203. The fourth-order valence-electron chi connectivity index (χ4n) is 0.882. The van der Waals surface area contributed by atoms with Crippen LogP contribution in [0.4, 0.5) is 0 Å². The third kappa shape index (κ3) is 1.82. The average molecular weight is 156 g/mol. The van der Waals surface area contributed by atoms with Crippen LogP contribution in [0.1, 0.15) is 17.4 Å². The van der Waals surface area contributed by atoms with Crippen molar-refractivity contribution in [1.29, 1.82) is 0 Å². The van der Waals surface area contributed by atoms with Crippen molar-refractivity contribution in [3.8, 4) is 0 Å². The van der Waals surface area contributed by atoms with Gasteiger partial charge in [-0.3, -0.25) is 0 Å². The van der Waals surface area contributed by atoms with Gasteiger partial charge in [0.15, 0.2) is 0 Å². The Labute approximate surface area is 65.3 Å². The van der Waals surface area contributed by atoms with Gasteiger partial charge in [0.2, 0.25) is 0 Å². The van der Waals surface area contributed by atoms with E-state index in [2.05, 4.69) is 18.4 Å². The molecule has 0 spiro atoms. The predicted molar refractivity (Wildman–Crippen MR) is 44.4 cm³/mol. The van der Waals surface area contributed by atoms with E-state index in [-0.39, 0.29) is 6.10 Å². The Morgan fingerprint density at radius 3 is 2.80 bits per heavy atom. The highest BCUT2D eigenvalue weighted by atomic mass is 32.1. The number of aryl methyl sites for hydroxylation is 1. The predicted octanol–water partition coefficient (Wildman–Crippen LogP) is 1.98. The molecule has 56 valence electrons. The number of hydrogen-bond donors (Lipinski definition) is 1. The van der Waals surface area contributed by atoms with Gasteiger partial charge < -0.3 is 5.11 Å². The first-order valence-corrected chi connectivity index (χ1v) is 4.29. The maximum Gasteiger partial charge on any atom is 0.0560 e. The molecule has 0 aromatic carbocycles. The lowest BCUT2D eigenvalue weighted by Gasteiger charge is -2.01. The maximum atomic E-state index is 9.06. The zero-order chi connectivity index (χ0) is 7.56. The van der Waals surface area contributed by atoms with Crippen molar-refractivity contribution in [1.82, 2.24) is 0 Å². The van der Waals surface area contributed by atoms with Gasteiger partial charge >= 0.3 is 0 Å². The van der Waals surface area contributed by atoms with Crippen molar-refractivity contribution in [3.63, 3.8) is 0 Å². The van der Waals surface area contributed by atoms with Crippen LogP contribution in [-0.4, -0.2) is 11.2 Å². The fraction of sp³-hybridized carbons (Fsp3) is 0.500. The van der Waals surface area contributed by atoms with Crippen LogP contribution in [0.5, 0.6) is 0 Å². The van der Waals surface area contributed by atoms with Crippen LogP contribution in [0.3, 0.4) is 0 Å². The summed E-state index contributed by atoms with van der Waals surface area (Å²) in [6, 6.07) is 2.09. The summed E-state index contributed by atoms with van der Waals surface area (Å²) in [5.41, 5.74) is 1.30. The fourth-order valence-corrected chi connectivity index (χ4v) is 1.91. The van der Waals surface area contributed by atoms with Gasteiger partial charge in [0.1, 0.15) is 0 Å². The summed E-state index contributed by atoms with van der Waals surface area (Å²) in [7, 11) is 0. The van der Waals surface area contributed by atoms with Gasteiger partial charge in [-0.05, 0) is 30.9 Å². The smallest absolute Gasteiger partial charge is 0.0560 e. The van der Waals surface area contributed by atoms with E-state index in [1.165, 1.54) is 10.4 Å². The van der Waals surface area contributed by atoms with Crippen LogP contribution in [-0.2, 0) is 6.42 Å². The Kier molecular flexibility index (Phi) is 2.46. The number of aliphatic hydroxyl groups is 1. The van der Waals surface area contributed by atoms with E-state index in [9.17, 15) is 0 Å². The molecule has 0 radical (unpaired) electrons. The zero-order valence-electron chi connectivity index (χ0n) is 6.29. The Balaban J connectivity index is 2.65. The van der Waals surface area contributed by atoms with Crippen molar-refractivity contribution >= 4 is 11.3 Å². The lowest BCUT2D eigenvalue weighted by Crippen LogP contribution is -2.03. The molecule has 1 N–H and O–H groups in total. The van der Waals surface area contributed by atoms with Gasteiger partial charge in [0.05, 0.1) is 6.10 Å². The van der Waals surface area contributed by atoms with Crippen molar-refractivity contribution in [3.05, 3.63) is 21.9 Å². The van der Waals surface area contributed by atoms with Gasteiger partial charge in [-0.1, -0.05) is 0 Å². The first-order valence-electron chi connectivity index (χ1n) is 3.41. The molecule has 1 aromatic rings. The second kappa shape index (κ2) is 3.17. The van der Waals surface area contributed by atoms with E-state index in [4.69, 9.17) is 5.11 Å². The molecule has 0 aliphatic carbocycles. The van der Waals surface area contributed by atoms with E-state index in [1.807, 2.05) is 6.92 Å². The van der Waals surface area contributed by atoms with E-state index >= 15 is 0 Å². The number of hydrogen-bond acceptors (Lipinski definition) is 2. The van der Waals surface area contributed by atoms with Gasteiger partial charge in [-0.2, -0.15) is 0 Å². The molecule has 1 aromatic heterocycles. The minimum atomic E-state index is -0.211. The summed E-state index contributed by atoms with van der Waals surface area (Å²) in [5.74, 6) is 0. The third-order valence-electron chi connectivity index (χ3n) is 1.45. The lowest BCUT2D eigenvalue weighted by atomic mass is 10.2. The normalized spacial score (nSPS) is 13.5. The largest absolute Gasteiger partial charge is 0.393 e. The molecule has 1 rings (SSSR count). The molecule has 0 aliphatic heterocycles. The van der Waals surface area contributed by atoms with E-state index in [0.717, 1.165) is 6.42 Å². The minimum Gasteiger partial charge on any atom is -0.393 e. The van der Waals surface area contributed by atoms with Crippen LogP contribution < -0.4 is 0 Å². The van der Waals surface area contributed by atoms with Crippen molar-refractivity contribution in [2.24, 2.45) is 0 Å². The Hall–Kier alpha value is -0.340. The summed E-state index contributed by atoms with van der Waals surface area (Å²) < 4.78 is 0. The molecule has 1 unspecified atom stereocenters. The zero-order valence-corrected chi connectivity index (χ0v) is 7.11. The monoisotopic (exact) mass is 156 g/mol. The van der Waals surface area contributed by atoms with Crippen LogP contribution in [0.15, 0.2) is 11.4 Å². The molecular formula is C8H12OS. The number of thiophene rings is 1. The van der Waals surface area contributed by atoms with E-state index in [0.29, 0.717) is 0 Å². The van der Waals surface area contributed by atoms with Crippen LogP contribution in [0.25, 0.3) is 0 Å². The van der Waals surface area contributed by atoms with Gasteiger partial charge in [-0.25, -0.2) is 0 Å². The van der Waals surface area contributed by atoms with E-state index in [1.54, 1.807) is 11.3 Å². The quantitative estimate of drug-likeness (QED) is 0.694. The first-order chi connectivity index (χ1) is 4.70. The number of aliphatic hydroxyl groups excluding tert-OH is 1. The summed E-state index contributed by atoms with van der Waals surface area (Å²) in [5, 5.41) is 11.1. The molecule has 0 fully saturated rings. The van der Waals surface area contributed by atoms with Crippen LogP contribution in [0, 0.1) is 6.92 Å². The summed E-state index contributed by atoms with van der Waals surface area (Å²) in [6.07, 6.45) is 0.584. The van der Waals surface area contributed by atoms with Gasteiger partial charge in [0, 0.05) is 11.3 Å². The Morgan fingerprint density at radius 2 is 2.40 bits per heavy atom. The standard InChI is InChI=1S/C8H12OS/c1-6-3-4-10-8(6)5-7(2)9/h3-4,7,9H,5H2,1-2H3. The second-order valence-corrected chi connectivity index (χ2v) is 3.58. The molecule has 1 nitrogen and oxygen atoms in total. The highest BCUT2D eigenvalue weighted by molar-refractivity contribution is 7.10. The lowest BCUT2D eigenvalue weighted by molar-refractivity contribution is 0.196. The highest BCUT2D eigenvalue weighted by Crippen LogP contribution is 2.16. The molecular weight excluding hydrogens is 144 g/mol. The topological polar surface area (TPSA) is 20.2 Å². The van der Waals surface area contributed by atoms with Crippen molar-refractivity contribution in [2.45, 2.75) is 26.4 Å². The highest BCUT2D eigenvalue weighted by Gasteiger charge is 2.02. The summed E-state index contributed by atoms with van der Waals surface area (Å²) in [6.45, 7) is 3.90. The first kappa shape index (κ1) is 7.76. The second-order valence-electron chi connectivity index (χ2n) is 2.58. The minimum absolute atomic E-state index is 0.211. The molecule has 0 saturated carbocycles. The molecule has 2 heteroatoms. The summed E-state index contributed by atoms with van der Waals surface area (Å²) in [4.78, 5) is 1.30. The SMILES string of the molecule is Cc1ccsc1CC(C)O. The molecule has 1 atom stereocenters. The van der Waals surface area contributed by atoms with Crippen molar-refractivity contribution < 1.29 is 5.11 Å². The van der Waals surface area contributed by atoms with Crippen LogP contribution in [0.2, 0.25) is 0 Å². The van der Waals surface area contributed by atoms with Crippen molar-refractivity contribution in [2.75, 3.05) is 0 Å². The molecule has 0 aliphatic rings.